The standard InChI is InChI=1S/C14H11N3O2S/c1-8-16-11-7-9(4-5-12(11)19-8)17-13(18)10-3-2-6-15-14(10)20/h2-7H,1H3,(H,15,20)(H,17,18). The molecule has 1 amide bonds. The van der Waals surface area contributed by atoms with Crippen molar-refractivity contribution in [3.63, 3.8) is 0 Å². The number of carbonyl (C=O) groups excluding carboxylic acids is 1. The number of amides is 1. The zero-order valence-corrected chi connectivity index (χ0v) is 11.5. The van der Waals surface area contributed by atoms with Crippen molar-refractivity contribution in [2.24, 2.45) is 0 Å². The molecule has 0 saturated carbocycles. The Hall–Kier alpha value is -2.47. The van der Waals surface area contributed by atoms with Crippen LogP contribution in [-0.4, -0.2) is 15.9 Å². The van der Waals surface area contributed by atoms with E-state index < -0.39 is 0 Å². The van der Waals surface area contributed by atoms with Crippen LogP contribution in [-0.2, 0) is 0 Å². The Kier molecular flexibility index (Phi) is 3.08. The molecule has 2 aromatic heterocycles. The van der Waals surface area contributed by atoms with E-state index in [1.807, 2.05) is 0 Å². The first-order chi connectivity index (χ1) is 9.63. The van der Waals surface area contributed by atoms with Crippen LogP contribution in [0.25, 0.3) is 11.1 Å². The first kappa shape index (κ1) is 12.6. The Labute approximate surface area is 119 Å². The molecule has 5 nitrogen and oxygen atoms in total. The van der Waals surface area contributed by atoms with Crippen molar-refractivity contribution < 1.29 is 9.21 Å². The highest BCUT2D eigenvalue weighted by Gasteiger charge is 2.09. The highest BCUT2D eigenvalue weighted by atomic mass is 32.1. The molecule has 0 aliphatic rings. The monoisotopic (exact) mass is 285 g/mol. The third-order valence-corrected chi connectivity index (χ3v) is 3.15. The Bertz CT molecular complexity index is 851. The molecule has 0 fully saturated rings. The normalized spacial score (nSPS) is 10.7. The summed E-state index contributed by atoms with van der Waals surface area (Å²) in [6.45, 7) is 1.78. The average molecular weight is 285 g/mol. The number of pyridine rings is 1. The highest BCUT2D eigenvalue weighted by molar-refractivity contribution is 7.71. The molecule has 0 spiro atoms. The number of fused-ring (bicyclic) bond motifs is 1. The minimum absolute atomic E-state index is 0.258. The zero-order chi connectivity index (χ0) is 14.1. The summed E-state index contributed by atoms with van der Waals surface area (Å²) in [5.74, 6) is 0.334. The zero-order valence-electron chi connectivity index (χ0n) is 10.6. The van der Waals surface area contributed by atoms with E-state index in [1.165, 1.54) is 0 Å². The van der Waals surface area contributed by atoms with Crippen molar-refractivity contribution in [2.45, 2.75) is 6.92 Å². The van der Waals surface area contributed by atoms with Crippen LogP contribution < -0.4 is 5.32 Å². The van der Waals surface area contributed by atoms with Gasteiger partial charge in [-0.1, -0.05) is 12.2 Å². The number of aryl methyl sites for hydroxylation is 1. The smallest absolute Gasteiger partial charge is 0.258 e. The lowest BCUT2D eigenvalue weighted by Gasteiger charge is -2.04. The lowest BCUT2D eigenvalue weighted by Crippen LogP contribution is -2.12. The first-order valence-electron chi connectivity index (χ1n) is 6.00. The second-order valence-electron chi connectivity index (χ2n) is 4.28. The van der Waals surface area contributed by atoms with Crippen LogP contribution in [0, 0.1) is 11.6 Å². The molecule has 3 rings (SSSR count). The molecule has 2 heterocycles. The summed E-state index contributed by atoms with van der Waals surface area (Å²) in [7, 11) is 0. The highest BCUT2D eigenvalue weighted by Crippen LogP contribution is 2.20. The Morgan fingerprint density at radius 3 is 3.05 bits per heavy atom. The van der Waals surface area contributed by atoms with Crippen LogP contribution in [0.4, 0.5) is 5.69 Å². The summed E-state index contributed by atoms with van der Waals surface area (Å²) < 4.78 is 5.79. The van der Waals surface area contributed by atoms with Gasteiger partial charge in [0.1, 0.15) is 10.2 Å². The molecular formula is C14H11N3O2S. The molecule has 0 bridgehead atoms. The van der Waals surface area contributed by atoms with Gasteiger partial charge in [-0.15, -0.1) is 0 Å². The van der Waals surface area contributed by atoms with E-state index in [4.69, 9.17) is 16.6 Å². The van der Waals surface area contributed by atoms with Gasteiger partial charge in [0.2, 0.25) is 0 Å². The van der Waals surface area contributed by atoms with Crippen molar-refractivity contribution in [2.75, 3.05) is 5.32 Å². The first-order valence-corrected chi connectivity index (χ1v) is 6.40. The van der Waals surface area contributed by atoms with Crippen LogP contribution in [0.5, 0.6) is 0 Å². The fourth-order valence-corrected chi connectivity index (χ4v) is 2.15. The second kappa shape index (κ2) is 4.90. The van der Waals surface area contributed by atoms with Gasteiger partial charge in [0.05, 0.1) is 5.56 Å². The van der Waals surface area contributed by atoms with E-state index in [9.17, 15) is 4.79 Å². The molecule has 0 saturated heterocycles. The van der Waals surface area contributed by atoms with Gasteiger partial charge in [-0.2, -0.15) is 0 Å². The number of nitrogens with zero attached hydrogens (tertiary/aromatic N) is 1. The molecule has 6 heteroatoms. The SMILES string of the molecule is Cc1nc2cc(NC(=O)c3ccc[nH]c3=S)ccc2o1. The molecular weight excluding hydrogens is 274 g/mol. The number of anilines is 1. The summed E-state index contributed by atoms with van der Waals surface area (Å²) in [5, 5.41) is 2.79. The van der Waals surface area contributed by atoms with E-state index in [1.54, 1.807) is 43.5 Å². The number of benzene rings is 1. The number of oxazole rings is 1. The molecule has 1 aromatic carbocycles. The van der Waals surface area contributed by atoms with Crippen molar-refractivity contribution in [1.29, 1.82) is 0 Å². The summed E-state index contributed by atoms with van der Waals surface area (Å²) in [5.41, 5.74) is 2.48. The molecule has 100 valence electrons. The summed E-state index contributed by atoms with van der Waals surface area (Å²) >= 11 is 5.08. The molecule has 0 radical (unpaired) electrons. The van der Waals surface area contributed by atoms with E-state index in [2.05, 4.69) is 15.3 Å². The lowest BCUT2D eigenvalue weighted by molar-refractivity contribution is 0.102. The molecule has 0 aliphatic heterocycles. The summed E-state index contributed by atoms with van der Waals surface area (Å²) in [4.78, 5) is 19.2. The number of rotatable bonds is 2. The van der Waals surface area contributed by atoms with E-state index in [0.29, 0.717) is 32.9 Å². The number of aromatic nitrogens is 2. The topological polar surface area (TPSA) is 70.9 Å². The van der Waals surface area contributed by atoms with Crippen molar-refractivity contribution in [3.05, 3.63) is 52.6 Å². The Morgan fingerprint density at radius 2 is 2.25 bits per heavy atom. The van der Waals surface area contributed by atoms with Crippen molar-refractivity contribution in [1.82, 2.24) is 9.97 Å². The minimum atomic E-state index is -0.258. The van der Waals surface area contributed by atoms with E-state index >= 15 is 0 Å². The quantitative estimate of drug-likeness (QED) is 0.707. The molecule has 0 aliphatic carbocycles. The second-order valence-corrected chi connectivity index (χ2v) is 4.69. The van der Waals surface area contributed by atoms with Gasteiger partial charge in [0.15, 0.2) is 11.5 Å². The number of nitrogens with one attached hydrogen (secondary N) is 2. The van der Waals surface area contributed by atoms with Crippen LogP contribution in [0.1, 0.15) is 16.2 Å². The Morgan fingerprint density at radius 1 is 1.40 bits per heavy atom. The maximum atomic E-state index is 12.1. The van der Waals surface area contributed by atoms with Gasteiger partial charge in [0.25, 0.3) is 5.91 Å². The fraction of sp³-hybridized carbons (Fsp3) is 0.0714. The van der Waals surface area contributed by atoms with Crippen molar-refractivity contribution >= 4 is 34.9 Å². The number of hydrogen-bond acceptors (Lipinski definition) is 4. The Balaban J connectivity index is 1.91. The molecule has 0 atom stereocenters. The third kappa shape index (κ3) is 2.33. The van der Waals surface area contributed by atoms with Gasteiger partial charge in [-0.3, -0.25) is 4.79 Å². The molecule has 3 aromatic rings. The van der Waals surface area contributed by atoms with Crippen LogP contribution in [0.3, 0.4) is 0 Å². The van der Waals surface area contributed by atoms with Crippen LogP contribution in [0.15, 0.2) is 40.9 Å². The predicted octanol–water partition coefficient (Wildman–Crippen LogP) is 3.45. The largest absolute Gasteiger partial charge is 0.441 e. The maximum absolute atomic E-state index is 12.1. The average Bonchev–Trinajstić information content (AvgIpc) is 2.78. The van der Waals surface area contributed by atoms with Crippen LogP contribution in [0.2, 0.25) is 0 Å². The fourth-order valence-electron chi connectivity index (χ4n) is 1.92. The van der Waals surface area contributed by atoms with Gasteiger partial charge < -0.3 is 14.7 Å². The van der Waals surface area contributed by atoms with Gasteiger partial charge in [-0.05, 0) is 30.3 Å². The molecule has 20 heavy (non-hydrogen) atoms. The molecule has 2 N–H and O–H groups in total. The predicted molar refractivity (Wildman–Crippen MR) is 78.3 cm³/mol. The van der Waals surface area contributed by atoms with E-state index in [-0.39, 0.29) is 5.91 Å². The minimum Gasteiger partial charge on any atom is -0.441 e. The third-order valence-electron chi connectivity index (χ3n) is 2.82. The van der Waals surface area contributed by atoms with Gasteiger partial charge >= 0.3 is 0 Å². The number of aromatic amines is 1. The number of H-pyrrole nitrogens is 1. The number of hydrogen-bond donors (Lipinski definition) is 2. The van der Waals surface area contributed by atoms with E-state index in [0.717, 1.165) is 0 Å². The maximum Gasteiger partial charge on any atom is 0.258 e. The number of carbonyl (C=O) groups is 1. The molecule has 0 unspecified atom stereocenters. The van der Waals surface area contributed by atoms with Gasteiger partial charge in [0, 0.05) is 18.8 Å². The van der Waals surface area contributed by atoms with Gasteiger partial charge in [-0.25, -0.2) is 4.98 Å². The summed E-state index contributed by atoms with van der Waals surface area (Å²) in [6.07, 6.45) is 1.68. The van der Waals surface area contributed by atoms with Crippen LogP contribution >= 0.6 is 12.2 Å². The lowest BCUT2D eigenvalue weighted by atomic mass is 10.2. The summed E-state index contributed by atoms with van der Waals surface area (Å²) in [6, 6.07) is 8.71. The van der Waals surface area contributed by atoms with Crippen molar-refractivity contribution in [3.8, 4) is 0 Å².